The molecule has 2 fully saturated rings. The van der Waals surface area contributed by atoms with Crippen LogP contribution in [0.25, 0.3) is 0 Å². The van der Waals surface area contributed by atoms with E-state index in [1.54, 1.807) is 6.07 Å². The van der Waals surface area contributed by atoms with E-state index in [2.05, 4.69) is 12.1 Å². The highest BCUT2D eigenvalue weighted by Crippen LogP contribution is 2.63. The summed E-state index contributed by atoms with van der Waals surface area (Å²) in [5.74, 6) is 1.41. The van der Waals surface area contributed by atoms with Crippen molar-refractivity contribution in [1.29, 1.82) is 0 Å². The summed E-state index contributed by atoms with van der Waals surface area (Å²) in [6, 6.07) is 3.39. The largest absolute Gasteiger partial charge is 0.493 e. The molecule has 3 aliphatic carbocycles. The van der Waals surface area contributed by atoms with Gasteiger partial charge in [-0.1, -0.05) is 12.1 Å². The molecule has 0 bridgehead atoms. The number of benzene rings is 1. The van der Waals surface area contributed by atoms with Crippen molar-refractivity contribution < 1.29 is 27.3 Å². The molecule has 0 radical (unpaired) electrons. The van der Waals surface area contributed by atoms with E-state index >= 15 is 0 Å². The third-order valence-corrected chi connectivity index (χ3v) is 8.23. The summed E-state index contributed by atoms with van der Waals surface area (Å²) >= 11 is 0. The minimum Gasteiger partial charge on any atom is -0.493 e. The van der Waals surface area contributed by atoms with E-state index in [4.69, 9.17) is 18.8 Å². The lowest BCUT2D eigenvalue weighted by atomic mass is 9.53. The van der Waals surface area contributed by atoms with Gasteiger partial charge in [0.15, 0.2) is 11.5 Å². The second-order valence-corrected chi connectivity index (χ2v) is 9.87. The summed E-state index contributed by atoms with van der Waals surface area (Å²) in [5, 5.41) is 18.4. The van der Waals surface area contributed by atoms with Crippen LogP contribution in [0.3, 0.4) is 0 Å². The Morgan fingerprint density at radius 1 is 1.23 bits per heavy atom. The predicted molar refractivity (Wildman–Crippen MR) is 111 cm³/mol. The summed E-state index contributed by atoms with van der Waals surface area (Å²) in [6.07, 6.45) is 6.22. The second kappa shape index (κ2) is 7.69. The van der Waals surface area contributed by atoms with Gasteiger partial charge in [0.25, 0.3) is 0 Å². The van der Waals surface area contributed by atoms with Crippen molar-refractivity contribution in [2.24, 2.45) is 27.5 Å². The number of nitrogens with two attached hydrogens (primary N) is 1. The molecule has 0 spiro atoms. The van der Waals surface area contributed by atoms with Crippen LogP contribution >= 0.6 is 0 Å². The number of hydrogen-bond donors (Lipinski definition) is 2. The zero-order chi connectivity index (χ0) is 21.7. The molecule has 2 saturated carbocycles. The maximum atomic E-state index is 11.5. The maximum Gasteiger partial charge on any atom is 0.380 e. The Hall–Kier alpha value is -1.84. The highest BCUT2D eigenvalue weighted by Gasteiger charge is 2.57. The van der Waals surface area contributed by atoms with Gasteiger partial charge in [-0.3, -0.25) is 0 Å². The Balaban J connectivity index is 1.79. The van der Waals surface area contributed by atoms with E-state index in [-0.39, 0.29) is 23.2 Å². The highest BCUT2D eigenvalue weighted by molar-refractivity contribution is 7.84. The van der Waals surface area contributed by atoms with E-state index in [0.717, 1.165) is 37.7 Å². The number of fused-ring (bicyclic) bond motifs is 5. The van der Waals surface area contributed by atoms with Crippen molar-refractivity contribution in [1.82, 2.24) is 0 Å². The third-order valence-electron chi connectivity index (χ3n) is 7.82. The maximum absolute atomic E-state index is 11.5. The van der Waals surface area contributed by atoms with Gasteiger partial charge < -0.3 is 18.9 Å². The first-order valence-corrected chi connectivity index (χ1v) is 11.9. The van der Waals surface area contributed by atoms with Gasteiger partial charge in [-0.25, -0.2) is 0 Å². The van der Waals surface area contributed by atoms with E-state index in [1.807, 2.05) is 13.2 Å². The number of methoxy groups -OCH3 is 2. The molecule has 4 rings (SSSR count). The first kappa shape index (κ1) is 21.4. The number of oxime groups is 1. The minimum atomic E-state index is -4.21. The van der Waals surface area contributed by atoms with Crippen LogP contribution in [0.4, 0.5) is 0 Å². The molecule has 8 nitrogen and oxygen atoms in total. The van der Waals surface area contributed by atoms with Crippen molar-refractivity contribution in [3.8, 4) is 11.5 Å². The zero-order valence-corrected chi connectivity index (χ0v) is 18.4. The van der Waals surface area contributed by atoms with Crippen molar-refractivity contribution in [3.63, 3.8) is 0 Å². The Morgan fingerprint density at radius 2 is 2.00 bits per heavy atom. The Bertz CT molecular complexity index is 962. The lowest BCUT2D eigenvalue weighted by Crippen LogP contribution is -2.47. The second-order valence-electron chi connectivity index (χ2n) is 8.72. The standard InChI is InChI=1S/C21H30N2O6S/c1-4-21-8-7-12-13-10-18(27-2)19(29-30(22,25)26)11-15(13)17(23-24)9-14(12)16(21)5-6-20(21)28-3/h10-12,14,16,20,24H,4-9H2,1-3H3,(H2,22,25,26)/b23-17-/t12?,14?,16?,20-,21-/m0/s1. The first-order valence-electron chi connectivity index (χ1n) is 10.5. The van der Waals surface area contributed by atoms with Crippen LogP contribution in [0.1, 0.15) is 62.5 Å². The van der Waals surface area contributed by atoms with Crippen LogP contribution in [0.5, 0.6) is 11.5 Å². The van der Waals surface area contributed by atoms with Crippen LogP contribution in [0, 0.1) is 17.3 Å². The molecule has 0 heterocycles. The molecule has 3 N–H and O–H groups in total. The molecular weight excluding hydrogens is 408 g/mol. The van der Waals surface area contributed by atoms with Gasteiger partial charge in [-0.05, 0) is 79.4 Å². The molecule has 1 aromatic carbocycles. The number of nitrogens with zero attached hydrogens (tertiary/aromatic N) is 1. The molecule has 0 amide bonds. The average Bonchev–Trinajstić information content (AvgIpc) is 3.10. The van der Waals surface area contributed by atoms with E-state index in [9.17, 15) is 13.6 Å². The Labute approximate surface area is 177 Å². The Kier molecular flexibility index (Phi) is 5.48. The molecular formula is C21H30N2O6S. The highest BCUT2D eigenvalue weighted by atomic mass is 32.2. The molecule has 0 saturated heterocycles. The number of hydrogen-bond acceptors (Lipinski definition) is 7. The molecule has 5 atom stereocenters. The summed E-state index contributed by atoms with van der Waals surface area (Å²) in [4.78, 5) is 0. The van der Waals surface area contributed by atoms with Crippen molar-refractivity contribution >= 4 is 16.0 Å². The average molecular weight is 439 g/mol. The van der Waals surface area contributed by atoms with E-state index in [1.165, 1.54) is 7.11 Å². The zero-order valence-electron chi connectivity index (χ0n) is 17.6. The smallest absolute Gasteiger partial charge is 0.380 e. The number of rotatable bonds is 5. The number of ether oxygens (including phenoxy) is 2. The van der Waals surface area contributed by atoms with Gasteiger partial charge in [0.1, 0.15) is 0 Å². The summed E-state index contributed by atoms with van der Waals surface area (Å²) in [5.41, 5.74) is 2.42. The SMILES string of the molecule is CC[C@]12CCC3c4cc(OC)c(OS(N)(=O)=O)cc4/C(=N\O)CC3C1CC[C@@H]2OC. The molecule has 166 valence electrons. The monoisotopic (exact) mass is 438 g/mol. The lowest BCUT2D eigenvalue weighted by molar-refractivity contribution is -0.0558. The van der Waals surface area contributed by atoms with Gasteiger partial charge in [0, 0.05) is 12.7 Å². The lowest BCUT2D eigenvalue weighted by Gasteiger charge is -2.52. The Morgan fingerprint density at radius 3 is 2.60 bits per heavy atom. The van der Waals surface area contributed by atoms with E-state index in [0.29, 0.717) is 35.3 Å². The molecule has 0 aliphatic heterocycles. The fourth-order valence-electron chi connectivity index (χ4n) is 6.65. The first-order chi connectivity index (χ1) is 14.3. The van der Waals surface area contributed by atoms with Crippen LogP contribution in [0.15, 0.2) is 17.3 Å². The van der Waals surface area contributed by atoms with Crippen molar-refractivity contribution in [3.05, 3.63) is 23.3 Å². The molecule has 0 aromatic heterocycles. The fraction of sp³-hybridized carbons (Fsp3) is 0.667. The van der Waals surface area contributed by atoms with Crippen molar-refractivity contribution in [2.75, 3.05) is 14.2 Å². The summed E-state index contributed by atoms with van der Waals surface area (Å²) in [7, 11) is -0.941. The third kappa shape index (κ3) is 3.27. The van der Waals surface area contributed by atoms with Gasteiger partial charge in [-0.2, -0.15) is 13.6 Å². The summed E-state index contributed by atoms with van der Waals surface area (Å²) < 4.78 is 39.2. The van der Waals surface area contributed by atoms with Gasteiger partial charge >= 0.3 is 10.3 Å². The van der Waals surface area contributed by atoms with Crippen LogP contribution in [-0.4, -0.2) is 39.7 Å². The normalized spacial score (nSPS) is 34.2. The van der Waals surface area contributed by atoms with E-state index < -0.39 is 10.3 Å². The molecule has 1 aromatic rings. The quantitative estimate of drug-likeness (QED) is 0.538. The molecule has 30 heavy (non-hydrogen) atoms. The minimum absolute atomic E-state index is 0.00243. The predicted octanol–water partition coefficient (Wildman–Crippen LogP) is 3.17. The van der Waals surface area contributed by atoms with Gasteiger partial charge in [0.2, 0.25) is 0 Å². The fourth-order valence-corrected chi connectivity index (χ4v) is 7.03. The topological polar surface area (TPSA) is 120 Å². The van der Waals surface area contributed by atoms with Gasteiger partial charge in [0.05, 0.1) is 18.9 Å². The molecule has 3 aliphatic rings. The van der Waals surface area contributed by atoms with Crippen LogP contribution < -0.4 is 14.1 Å². The van der Waals surface area contributed by atoms with Crippen LogP contribution in [0.2, 0.25) is 0 Å². The molecule has 9 heteroatoms. The van der Waals surface area contributed by atoms with Crippen molar-refractivity contribution in [2.45, 2.75) is 57.5 Å². The van der Waals surface area contributed by atoms with Crippen LogP contribution in [-0.2, 0) is 15.0 Å². The summed E-state index contributed by atoms with van der Waals surface area (Å²) in [6.45, 7) is 2.25. The van der Waals surface area contributed by atoms with Gasteiger partial charge in [-0.15, -0.1) is 0 Å². The molecule has 3 unspecified atom stereocenters.